The summed E-state index contributed by atoms with van der Waals surface area (Å²) in [5.41, 5.74) is 3.79. The average molecular weight is 297 g/mol. The van der Waals surface area contributed by atoms with E-state index in [1.54, 1.807) is 17.9 Å². The molecule has 1 atom stereocenters. The van der Waals surface area contributed by atoms with Crippen LogP contribution in [0.15, 0.2) is 42.5 Å². The monoisotopic (exact) mass is 297 g/mol. The van der Waals surface area contributed by atoms with Crippen molar-refractivity contribution in [3.8, 4) is 5.75 Å². The van der Waals surface area contributed by atoms with Crippen molar-refractivity contribution in [1.29, 1.82) is 0 Å². The minimum absolute atomic E-state index is 0.0447. The Kier molecular flexibility index (Phi) is 3.86. The fraction of sp³-hybridized carbons (Fsp3) is 0.278. The predicted octanol–water partition coefficient (Wildman–Crippen LogP) is 2.80. The fourth-order valence-electron chi connectivity index (χ4n) is 2.59. The molecule has 0 fully saturated rings. The molecule has 2 aromatic rings. The van der Waals surface area contributed by atoms with E-state index < -0.39 is 6.10 Å². The first-order chi connectivity index (χ1) is 10.6. The molecule has 1 aliphatic rings. The summed E-state index contributed by atoms with van der Waals surface area (Å²) in [6.45, 7) is 4.26. The molecule has 1 unspecified atom stereocenters. The van der Waals surface area contributed by atoms with Crippen molar-refractivity contribution >= 4 is 11.6 Å². The summed E-state index contributed by atoms with van der Waals surface area (Å²) in [5.74, 6) is 0.593. The predicted molar refractivity (Wildman–Crippen MR) is 84.8 cm³/mol. The van der Waals surface area contributed by atoms with Crippen LogP contribution in [0, 0.1) is 6.92 Å². The van der Waals surface area contributed by atoms with Gasteiger partial charge in [0.1, 0.15) is 5.75 Å². The molecule has 1 heterocycles. The number of amides is 1. The summed E-state index contributed by atoms with van der Waals surface area (Å²) < 4.78 is 5.67. The van der Waals surface area contributed by atoms with Crippen LogP contribution in [0.1, 0.15) is 23.6 Å². The third-order valence-corrected chi connectivity index (χ3v) is 3.88. The van der Waals surface area contributed by atoms with E-state index in [-0.39, 0.29) is 12.5 Å². The number of carbonyl (C=O) groups is 1. The Bertz CT molecular complexity index is 694. The van der Waals surface area contributed by atoms with Gasteiger partial charge in [-0.1, -0.05) is 35.9 Å². The molecular weight excluding hydrogens is 278 g/mol. The summed E-state index contributed by atoms with van der Waals surface area (Å²) >= 11 is 0. The maximum absolute atomic E-state index is 12.5. The van der Waals surface area contributed by atoms with Crippen LogP contribution in [-0.2, 0) is 17.9 Å². The smallest absolute Gasteiger partial charge is 0.268 e. The van der Waals surface area contributed by atoms with Gasteiger partial charge < -0.3 is 14.7 Å². The minimum atomic E-state index is -0.521. The third kappa shape index (κ3) is 2.70. The molecule has 3 rings (SSSR count). The normalized spacial score (nSPS) is 17.1. The van der Waals surface area contributed by atoms with Crippen LogP contribution in [-0.4, -0.2) is 17.1 Å². The topological polar surface area (TPSA) is 49.8 Å². The number of rotatable bonds is 3. The molecule has 0 radical (unpaired) electrons. The molecular formula is C18H19NO3. The lowest BCUT2D eigenvalue weighted by Crippen LogP contribution is -2.44. The summed E-state index contributed by atoms with van der Waals surface area (Å²) in [5, 5.41) is 9.25. The number of ether oxygens (including phenoxy) is 1. The third-order valence-electron chi connectivity index (χ3n) is 3.88. The number of carbonyl (C=O) groups excluding carboxylic acids is 1. The van der Waals surface area contributed by atoms with Gasteiger partial charge in [-0.3, -0.25) is 4.79 Å². The molecule has 22 heavy (non-hydrogen) atoms. The number of fused-ring (bicyclic) bond motifs is 1. The number of benzene rings is 2. The standard InChI is InChI=1S/C18H19NO3/c1-12-3-5-14(6-4-12)10-19-16-8-7-15(11-20)9-17(16)22-13(2)18(19)21/h3-9,13,20H,10-11H2,1-2H3. The van der Waals surface area contributed by atoms with Gasteiger partial charge in [0.05, 0.1) is 18.8 Å². The molecule has 114 valence electrons. The Morgan fingerprint density at radius 2 is 1.82 bits per heavy atom. The largest absolute Gasteiger partial charge is 0.479 e. The molecule has 1 N–H and O–H groups in total. The number of nitrogens with zero attached hydrogens (tertiary/aromatic N) is 1. The van der Waals surface area contributed by atoms with Crippen molar-refractivity contribution in [2.24, 2.45) is 0 Å². The summed E-state index contributed by atoms with van der Waals surface area (Å²) in [7, 11) is 0. The highest BCUT2D eigenvalue weighted by Gasteiger charge is 2.31. The van der Waals surface area contributed by atoms with Crippen molar-refractivity contribution in [3.63, 3.8) is 0 Å². The van der Waals surface area contributed by atoms with Crippen molar-refractivity contribution in [2.75, 3.05) is 4.90 Å². The second kappa shape index (κ2) is 5.81. The van der Waals surface area contributed by atoms with Gasteiger partial charge in [-0.25, -0.2) is 0 Å². The van der Waals surface area contributed by atoms with E-state index in [9.17, 15) is 9.90 Å². The number of aliphatic hydroxyl groups is 1. The Morgan fingerprint density at radius 3 is 2.50 bits per heavy atom. The molecule has 0 saturated carbocycles. The zero-order valence-electron chi connectivity index (χ0n) is 12.7. The van der Waals surface area contributed by atoms with Crippen molar-refractivity contribution in [3.05, 3.63) is 59.2 Å². The number of aliphatic hydroxyl groups excluding tert-OH is 1. The van der Waals surface area contributed by atoms with Crippen molar-refractivity contribution < 1.29 is 14.6 Å². The van der Waals surface area contributed by atoms with E-state index in [1.165, 1.54) is 5.56 Å². The quantitative estimate of drug-likeness (QED) is 0.947. The summed E-state index contributed by atoms with van der Waals surface area (Å²) in [6.07, 6.45) is -0.521. The Hall–Kier alpha value is -2.33. The zero-order chi connectivity index (χ0) is 15.7. The Morgan fingerprint density at radius 1 is 1.14 bits per heavy atom. The van der Waals surface area contributed by atoms with E-state index >= 15 is 0 Å². The minimum Gasteiger partial charge on any atom is -0.479 e. The Labute approximate surface area is 130 Å². The van der Waals surface area contributed by atoms with Gasteiger partial charge in [0.25, 0.3) is 5.91 Å². The molecule has 1 amide bonds. The van der Waals surface area contributed by atoms with Crippen LogP contribution in [0.4, 0.5) is 5.69 Å². The first kappa shape index (κ1) is 14.6. The fourth-order valence-corrected chi connectivity index (χ4v) is 2.59. The SMILES string of the molecule is Cc1ccc(CN2C(=O)C(C)Oc3cc(CO)ccc32)cc1. The van der Waals surface area contributed by atoms with E-state index in [2.05, 4.69) is 0 Å². The molecule has 4 heteroatoms. The molecule has 0 saturated heterocycles. The number of aryl methyl sites for hydroxylation is 1. The average Bonchev–Trinajstić information content (AvgIpc) is 2.53. The molecule has 0 aromatic heterocycles. The second-order valence-corrected chi connectivity index (χ2v) is 5.63. The van der Waals surface area contributed by atoms with Crippen LogP contribution < -0.4 is 9.64 Å². The van der Waals surface area contributed by atoms with E-state index in [0.29, 0.717) is 12.3 Å². The molecule has 0 bridgehead atoms. The van der Waals surface area contributed by atoms with Gasteiger partial charge in [-0.05, 0) is 37.1 Å². The van der Waals surface area contributed by atoms with E-state index in [0.717, 1.165) is 16.8 Å². The van der Waals surface area contributed by atoms with Gasteiger partial charge in [-0.15, -0.1) is 0 Å². The van der Waals surface area contributed by atoms with Crippen LogP contribution in [0.2, 0.25) is 0 Å². The molecule has 4 nitrogen and oxygen atoms in total. The van der Waals surface area contributed by atoms with E-state index in [1.807, 2.05) is 43.3 Å². The van der Waals surface area contributed by atoms with Gasteiger partial charge in [0.15, 0.2) is 6.10 Å². The Balaban J connectivity index is 1.96. The van der Waals surface area contributed by atoms with Crippen LogP contribution in [0.5, 0.6) is 5.75 Å². The van der Waals surface area contributed by atoms with Crippen molar-refractivity contribution in [1.82, 2.24) is 0 Å². The highest BCUT2D eigenvalue weighted by molar-refractivity contribution is 5.99. The first-order valence-electron chi connectivity index (χ1n) is 7.36. The lowest BCUT2D eigenvalue weighted by atomic mass is 10.1. The van der Waals surface area contributed by atoms with Gasteiger partial charge in [0, 0.05) is 0 Å². The van der Waals surface area contributed by atoms with E-state index in [4.69, 9.17) is 4.74 Å². The number of hydrogen-bond acceptors (Lipinski definition) is 3. The van der Waals surface area contributed by atoms with Gasteiger partial charge in [0.2, 0.25) is 0 Å². The van der Waals surface area contributed by atoms with Gasteiger partial charge in [-0.2, -0.15) is 0 Å². The summed E-state index contributed by atoms with van der Waals surface area (Å²) in [6, 6.07) is 13.6. The lowest BCUT2D eigenvalue weighted by molar-refractivity contribution is -0.125. The molecule has 2 aromatic carbocycles. The van der Waals surface area contributed by atoms with Crippen LogP contribution in [0.3, 0.4) is 0 Å². The number of anilines is 1. The zero-order valence-corrected chi connectivity index (χ0v) is 12.7. The maximum Gasteiger partial charge on any atom is 0.268 e. The van der Waals surface area contributed by atoms with Crippen LogP contribution >= 0.6 is 0 Å². The number of hydrogen-bond donors (Lipinski definition) is 1. The maximum atomic E-state index is 12.5. The molecule has 0 aliphatic carbocycles. The van der Waals surface area contributed by atoms with Crippen molar-refractivity contribution in [2.45, 2.75) is 33.1 Å². The van der Waals surface area contributed by atoms with Crippen LogP contribution in [0.25, 0.3) is 0 Å². The van der Waals surface area contributed by atoms with Gasteiger partial charge >= 0.3 is 0 Å². The first-order valence-corrected chi connectivity index (χ1v) is 7.36. The molecule has 1 aliphatic heterocycles. The summed E-state index contributed by atoms with van der Waals surface area (Å²) in [4.78, 5) is 14.2. The molecule has 0 spiro atoms. The lowest BCUT2D eigenvalue weighted by Gasteiger charge is -2.33. The second-order valence-electron chi connectivity index (χ2n) is 5.63. The highest BCUT2D eigenvalue weighted by atomic mass is 16.5. The highest BCUT2D eigenvalue weighted by Crippen LogP contribution is 2.35.